The van der Waals surface area contributed by atoms with Crippen molar-refractivity contribution in [2.75, 3.05) is 0 Å². The molecule has 0 bridgehead atoms. The Morgan fingerprint density at radius 2 is 1.86 bits per heavy atom. The molecule has 1 aromatic carbocycles. The van der Waals surface area contributed by atoms with E-state index in [9.17, 15) is 14.7 Å². The number of carbonyl (C=O) groups excluding carboxylic acids is 1. The first-order chi connectivity index (χ1) is 9.79. The van der Waals surface area contributed by atoms with Crippen LogP contribution in [0, 0.1) is 0 Å². The number of nitrogens with zero attached hydrogens (tertiary/aromatic N) is 1. The summed E-state index contributed by atoms with van der Waals surface area (Å²) in [6.45, 7) is 5.30. The van der Waals surface area contributed by atoms with Crippen LogP contribution in [0.2, 0.25) is 0 Å². The Labute approximate surface area is 124 Å². The lowest BCUT2D eigenvalue weighted by molar-refractivity contribution is -0.137. The lowest BCUT2D eigenvalue weighted by Gasteiger charge is -2.20. The van der Waals surface area contributed by atoms with Crippen LogP contribution in [0.1, 0.15) is 32.8 Å². The van der Waals surface area contributed by atoms with Gasteiger partial charge >= 0.3 is 12.1 Å². The van der Waals surface area contributed by atoms with E-state index in [4.69, 9.17) is 4.74 Å². The van der Waals surface area contributed by atoms with E-state index >= 15 is 0 Å². The summed E-state index contributed by atoms with van der Waals surface area (Å²) >= 11 is 0. The molecular weight excluding hydrogens is 270 g/mol. The topological polar surface area (TPSA) is 66.6 Å². The highest BCUT2D eigenvalue weighted by Crippen LogP contribution is 2.34. The average molecular weight is 291 g/mol. The number of aryl methyl sites for hydroxylation is 1. The van der Waals surface area contributed by atoms with E-state index in [1.807, 2.05) is 30.3 Å². The number of carboxylic acid groups (broad SMARTS) is 1. The Morgan fingerprint density at radius 1 is 1.24 bits per heavy atom. The third-order valence-electron chi connectivity index (χ3n) is 3.36. The second kappa shape index (κ2) is 5.76. The van der Waals surface area contributed by atoms with Gasteiger partial charge in [0, 0.05) is 0 Å². The SMILES string of the molecule is CC(C)(C)OC(=O)N1C(CCc2ccccc2)[C@H]1C(=O)O. The number of aliphatic carboxylic acids is 1. The molecule has 1 unspecified atom stereocenters. The predicted octanol–water partition coefficient (Wildman–Crippen LogP) is 2.69. The molecule has 0 aliphatic carbocycles. The lowest BCUT2D eigenvalue weighted by atomic mass is 10.1. The maximum absolute atomic E-state index is 12.0. The summed E-state index contributed by atoms with van der Waals surface area (Å²) < 4.78 is 5.25. The largest absolute Gasteiger partial charge is 0.480 e. The van der Waals surface area contributed by atoms with Gasteiger partial charge in [-0.1, -0.05) is 30.3 Å². The molecule has 1 saturated heterocycles. The molecule has 1 fully saturated rings. The van der Waals surface area contributed by atoms with Crippen LogP contribution < -0.4 is 0 Å². The number of carboxylic acids is 1. The summed E-state index contributed by atoms with van der Waals surface area (Å²) in [5.74, 6) is -0.973. The first kappa shape index (κ1) is 15.4. The van der Waals surface area contributed by atoms with Crippen LogP contribution in [-0.2, 0) is 16.0 Å². The molecule has 2 atom stereocenters. The molecular formula is C16H21NO4. The minimum absolute atomic E-state index is 0.280. The molecule has 1 aliphatic rings. The molecule has 1 N–H and O–H groups in total. The van der Waals surface area contributed by atoms with Crippen molar-refractivity contribution in [3.8, 4) is 0 Å². The Morgan fingerprint density at radius 3 is 2.38 bits per heavy atom. The number of ether oxygens (including phenoxy) is 1. The maximum Gasteiger partial charge on any atom is 0.411 e. The van der Waals surface area contributed by atoms with Gasteiger partial charge in [-0.2, -0.15) is 0 Å². The molecule has 21 heavy (non-hydrogen) atoms. The van der Waals surface area contributed by atoms with Crippen LogP contribution in [0.4, 0.5) is 4.79 Å². The molecule has 0 spiro atoms. The normalized spacial score (nSPS) is 21.0. The average Bonchev–Trinajstić information content (AvgIpc) is 3.10. The standard InChI is InChI=1S/C16H21NO4/c1-16(2,3)21-15(20)17-12(13(17)14(18)19)10-9-11-7-5-4-6-8-11/h4-8,12-13H,9-10H2,1-3H3,(H,18,19)/t12?,13-,17?/m0/s1. The minimum Gasteiger partial charge on any atom is -0.480 e. The second-order valence-electron chi connectivity index (χ2n) is 6.26. The Bertz CT molecular complexity index is 521. The third-order valence-corrected chi connectivity index (χ3v) is 3.36. The molecule has 0 saturated carbocycles. The van der Waals surface area contributed by atoms with E-state index in [0.29, 0.717) is 6.42 Å². The summed E-state index contributed by atoms with van der Waals surface area (Å²) in [4.78, 5) is 24.5. The maximum atomic E-state index is 12.0. The van der Waals surface area contributed by atoms with Gasteiger partial charge in [-0.3, -0.25) is 4.90 Å². The molecule has 0 aromatic heterocycles. The fourth-order valence-corrected chi connectivity index (χ4v) is 2.38. The number of hydrogen-bond acceptors (Lipinski definition) is 3. The van der Waals surface area contributed by atoms with Gasteiger partial charge in [-0.05, 0) is 39.2 Å². The highest BCUT2D eigenvalue weighted by atomic mass is 16.6. The number of carbonyl (C=O) groups is 2. The molecule has 1 aliphatic heterocycles. The fourth-order valence-electron chi connectivity index (χ4n) is 2.38. The Kier molecular flexibility index (Phi) is 4.21. The van der Waals surface area contributed by atoms with Gasteiger partial charge in [0.25, 0.3) is 0 Å². The van der Waals surface area contributed by atoms with Crippen LogP contribution in [-0.4, -0.2) is 39.8 Å². The van der Waals surface area contributed by atoms with E-state index < -0.39 is 23.7 Å². The van der Waals surface area contributed by atoms with Crippen LogP contribution in [0.5, 0.6) is 0 Å². The Balaban J connectivity index is 1.95. The zero-order valence-electron chi connectivity index (χ0n) is 12.6. The molecule has 1 heterocycles. The quantitative estimate of drug-likeness (QED) is 0.866. The molecule has 5 heteroatoms. The van der Waals surface area contributed by atoms with Crippen molar-refractivity contribution in [2.24, 2.45) is 0 Å². The summed E-state index contributed by atoms with van der Waals surface area (Å²) in [6.07, 6.45) is 0.822. The molecule has 5 nitrogen and oxygen atoms in total. The number of amides is 1. The first-order valence-electron chi connectivity index (χ1n) is 7.07. The van der Waals surface area contributed by atoms with Gasteiger partial charge in [-0.15, -0.1) is 0 Å². The highest BCUT2D eigenvalue weighted by molar-refractivity contribution is 5.87. The van der Waals surface area contributed by atoms with Gasteiger partial charge < -0.3 is 9.84 Å². The monoisotopic (exact) mass is 291 g/mol. The van der Waals surface area contributed by atoms with Gasteiger partial charge in [0.15, 0.2) is 6.04 Å². The van der Waals surface area contributed by atoms with Crippen molar-refractivity contribution in [3.05, 3.63) is 35.9 Å². The van der Waals surface area contributed by atoms with Crippen LogP contribution in [0.25, 0.3) is 0 Å². The molecule has 0 radical (unpaired) electrons. The van der Waals surface area contributed by atoms with E-state index in [-0.39, 0.29) is 6.04 Å². The van der Waals surface area contributed by atoms with Gasteiger partial charge in [-0.25, -0.2) is 9.59 Å². The van der Waals surface area contributed by atoms with Crippen LogP contribution >= 0.6 is 0 Å². The summed E-state index contributed by atoms with van der Waals surface area (Å²) in [5.41, 5.74) is 0.518. The zero-order valence-corrected chi connectivity index (χ0v) is 12.6. The zero-order chi connectivity index (χ0) is 15.6. The van der Waals surface area contributed by atoms with Crippen molar-refractivity contribution in [3.63, 3.8) is 0 Å². The van der Waals surface area contributed by atoms with Crippen molar-refractivity contribution in [1.29, 1.82) is 0 Å². The van der Waals surface area contributed by atoms with Crippen LogP contribution in [0.15, 0.2) is 30.3 Å². The Hall–Kier alpha value is -2.04. The van der Waals surface area contributed by atoms with Gasteiger partial charge in [0.1, 0.15) is 5.60 Å². The van der Waals surface area contributed by atoms with Gasteiger partial charge in [0.05, 0.1) is 6.04 Å². The lowest BCUT2D eigenvalue weighted by Crippen LogP contribution is -2.29. The molecule has 1 aromatic rings. The van der Waals surface area contributed by atoms with E-state index in [0.717, 1.165) is 12.0 Å². The summed E-state index contributed by atoms with van der Waals surface area (Å²) in [7, 11) is 0. The van der Waals surface area contributed by atoms with Crippen molar-refractivity contribution >= 4 is 12.1 Å². The molecule has 1 amide bonds. The van der Waals surface area contributed by atoms with Crippen molar-refractivity contribution in [2.45, 2.75) is 51.3 Å². The molecule has 114 valence electrons. The van der Waals surface area contributed by atoms with E-state index in [1.54, 1.807) is 20.8 Å². The highest BCUT2D eigenvalue weighted by Gasteiger charge is 2.56. The van der Waals surface area contributed by atoms with Crippen molar-refractivity contribution in [1.82, 2.24) is 4.90 Å². The van der Waals surface area contributed by atoms with E-state index in [2.05, 4.69) is 0 Å². The second-order valence-corrected chi connectivity index (χ2v) is 6.26. The first-order valence-corrected chi connectivity index (χ1v) is 7.07. The number of benzene rings is 1. The minimum atomic E-state index is -0.973. The number of hydrogen-bond donors (Lipinski definition) is 1. The third kappa shape index (κ3) is 3.97. The van der Waals surface area contributed by atoms with Gasteiger partial charge in [0.2, 0.25) is 0 Å². The van der Waals surface area contributed by atoms with Crippen LogP contribution in [0.3, 0.4) is 0 Å². The predicted molar refractivity (Wildman–Crippen MR) is 78.0 cm³/mol. The summed E-state index contributed by atoms with van der Waals surface area (Å²) in [5, 5.41) is 9.19. The summed E-state index contributed by atoms with van der Waals surface area (Å²) in [6, 6.07) is 8.78. The molecule has 2 rings (SSSR count). The van der Waals surface area contributed by atoms with Crippen molar-refractivity contribution < 1.29 is 19.4 Å². The smallest absolute Gasteiger partial charge is 0.411 e. The fraction of sp³-hybridized carbons (Fsp3) is 0.500. The number of rotatable bonds is 4. The van der Waals surface area contributed by atoms with E-state index in [1.165, 1.54) is 4.90 Å².